The standard InChI is InChI=1S/C17H19N5OS.2ClH/c1-9-11(8-18-21-9)14-7-12-15(24-14)17(23)20-16(19-12)13-6-10-2-4-22(13)5-3-10;;/h7-8,10,13H,2-6H2,1H3,(H,18,21)(H,19,20,23);2*1H/t13-;;/m0../s1. The Kier molecular flexibility index (Phi) is 5.44. The van der Waals surface area contributed by atoms with Crippen molar-refractivity contribution in [3.8, 4) is 10.4 Å². The summed E-state index contributed by atoms with van der Waals surface area (Å²) in [5, 5.41) is 7.03. The van der Waals surface area contributed by atoms with Gasteiger partial charge in [0, 0.05) is 16.1 Å². The molecule has 3 saturated heterocycles. The number of hydrogen-bond acceptors (Lipinski definition) is 5. The molecule has 1 atom stereocenters. The second kappa shape index (κ2) is 7.31. The van der Waals surface area contributed by atoms with Crippen LogP contribution in [0.2, 0.25) is 0 Å². The second-order valence-electron chi connectivity index (χ2n) is 6.92. The maximum absolute atomic E-state index is 12.6. The van der Waals surface area contributed by atoms with Gasteiger partial charge in [-0.15, -0.1) is 36.2 Å². The van der Waals surface area contributed by atoms with Crippen LogP contribution in [-0.4, -0.2) is 38.2 Å². The fourth-order valence-corrected chi connectivity index (χ4v) is 5.16. The van der Waals surface area contributed by atoms with Crippen molar-refractivity contribution in [2.45, 2.75) is 32.2 Å². The van der Waals surface area contributed by atoms with E-state index in [1.165, 1.54) is 24.2 Å². The number of hydrogen-bond donors (Lipinski definition) is 2. The Balaban J connectivity index is 0.000000980. The molecule has 0 radical (unpaired) electrons. The summed E-state index contributed by atoms with van der Waals surface area (Å²) in [6.07, 6.45) is 5.49. The van der Waals surface area contributed by atoms with Crippen molar-refractivity contribution in [2.24, 2.45) is 5.92 Å². The molecule has 3 aliphatic rings. The third-order valence-corrected chi connectivity index (χ3v) is 6.62. The highest BCUT2D eigenvalue weighted by atomic mass is 35.5. The lowest BCUT2D eigenvalue weighted by Gasteiger charge is -2.44. The van der Waals surface area contributed by atoms with Gasteiger partial charge in [0.05, 0.1) is 17.8 Å². The van der Waals surface area contributed by atoms with E-state index < -0.39 is 0 Å². The number of aryl methyl sites for hydroxylation is 1. The summed E-state index contributed by atoms with van der Waals surface area (Å²) in [6, 6.07) is 2.29. The summed E-state index contributed by atoms with van der Waals surface area (Å²) in [7, 11) is 0. The topological polar surface area (TPSA) is 77.7 Å². The van der Waals surface area contributed by atoms with Gasteiger partial charge in [-0.05, 0) is 51.3 Å². The molecule has 0 spiro atoms. The van der Waals surface area contributed by atoms with E-state index in [4.69, 9.17) is 4.98 Å². The van der Waals surface area contributed by atoms with Crippen LogP contribution in [0.1, 0.15) is 36.8 Å². The number of nitrogens with zero attached hydrogens (tertiary/aromatic N) is 3. The first kappa shape index (κ1) is 19.4. The summed E-state index contributed by atoms with van der Waals surface area (Å²) in [5.74, 6) is 1.62. The van der Waals surface area contributed by atoms with E-state index in [0.29, 0.717) is 4.70 Å². The van der Waals surface area contributed by atoms with Crippen molar-refractivity contribution in [3.05, 3.63) is 34.1 Å². The zero-order valence-corrected chi connectivity index (χ0v) is 16.8. The minimum Gasteiger partial charge on any atom is -0.308 e. The lowest BCUT2D eigenvalue weighted by molar-refractivity contribution is 0.0445. The molecule has 3 aromatic rings. The molecule has 3 aliphatic heterocycles. The molecule has 0 aromatic carbocycles. The molecule has 2 N–H and O–H groups in total. The molecule has 3 fully saturated rings. The fourth-order valence-electron chi connectivity index (χ4n) is 4.10. The third-order valence-electron chi connectivity index (χ3n) is 5.46. The monoisotopic (exact) mass is 413 g/mol. The molecule has 6 heterocycles. The number of thiophene rings is 1. The smallest absolute Gasteiger partial charge is 0.268 e. The maximum atomic E-state index is 12.6. The van der Waals surface area contributed by atoms with Crippen molar-refractivity contribution in [3.63, 3.8) is 0 Å². The summed E-state index contributed by atoms with van der Waals surface area (Å²) >= 11 is 1.49. The van der Waals surface area contributed by atoms with Crippen LogP contribution in [0.4, 0.5) is 0 Å². The first-order valence-corrected chi connectivity index (χ1v) is 9.29. The molecule has 0 unspecified atom stereocenters. The van der Waals surface area contributed by atoms with Crippen LogP contribution in [-0.2, 0) is 0 Å². The van der Waals surface area contributed by atoms with Crippen LogP contribution in [0.15, 0.2) is 17.1 Å². The summed E-state index contributed by atoms with van der Waals surface area (Å²) in [6.45, 7) is 4.24. The maximum Gasteiger partial charge on any atom is 0.268 e. The van der Waals surface area contributed by atoms with Crippen molar-refractivity contribution in [1.29, 1.82) is 0 Å². The van der Waals surface area contributed by atoms with Crippen LogP contribution in [0.25, 0.3) is 20.7 Å². The van der Waals surface area contributed by atoms with Gasteiger partial charge in [0.2, 0.25) is 0 Å². The summed E-state index contributed by atoms with van der Waals surface area (Å²) < 4.78 is 0.699. The van der Waals surface area contributed by atoms with E-state index in [0.717, 1.165) is 52.9 Å². The molecule has 0 aliphatic carbocycles. The lowest BCUT2D eigenvalue weighted by atomic mass is 9.83. The molecular formula is C17H21Cl2N5OS. The molecule has 3 aromatic heterocycles. The van der Waals surface area contributed by atoms with E-state index in [1.54, 1.807) is 6.20 Å². The average molecular weight is 414 g/mol. The molecule has 9 heteroatoms. The first-order chi connectivity index (χ1) is 11.7. The molecule has 140 valence electrons. The highest BCUT2D eigenvalue weighted by Gasteiger charge is 2.35. The minimum atomic E-state index is -0.0185. The Labute approximate surface area is 167 Å². The van der Waals surface area contributed by atoms with Gasteiger partial charge in [-0.3, -0.25) is 14.8 Å². The Hall–Kier alpha value is -1.41. The highest BCUT2D eigenvalue weighted by Crippen LogP contribution is 2.40. The number of aromatic nitrogens is 4. The quantitative estimate of drug-likeness (QED) is 0.671. The number of aromatic amines is 2. The van der Waals surface area contributed by atoms with Gasteiger partial charge in [0.15, 0.2) is 0 Å². The SMILES string of the molecule is Cc1[nH]ncc1-c1cc2nc([C@@H]3CC4CCN3CC4)[nH]c(=O)c2s1.Cl.Cl. The van der Waals surface area contributed by atoms with Crippen molar-refractivity contribution < 1.29 is 0 Å². The number of fused-ring (bicyclic) bond motifs is 4. The first-order valence-electron chi connectivity index (χ1n) is 8.47. The van der Waals surface area contributed by atoms with Gasteiger partial charge >= 0.3 is 0 Å². The normalized spacial score (nSPS) is 24.3. The van der Waals surface area contributed by atoms with E-state index in [2.05, 4.69) is 20.1 Å². The third kappa shape index (κ3) is 3.07. The van der Waals surface area contributed by atoms with Crippen molar-refractivity contribution >= 4 is 46.4 Å². The zero-order valence-electron chi connectivity index (χ0n) is 14.3. The average Bonchev–Trinajstić information content (AvgIpc) is 3.21. The molecule has 6 nitrogen and oxygen atoms in total. The number of nitrogens with one attached hydrogen (secondary N) is 2. The Morgan fingerprint density at radius 3 is 2.65 bits per heavy atom. The fraction of sp³-hybridized carbons (Fsp3) is 0.471. The molecule has 6 rings (SSSR count). The number of H-pyrrole nitrogens is 2. The molecule has 0 amide bonds. The van der Waals surface area contributed by atoms with Gasteiger partial charge in [0.1, 0.15) is 10.5 Å². The number of piperidine rings is 3. The predicted octanol–water partition coefficient (Wildman–Crippen LogP) is 3.68. The summed E-state index contributed by atoms with van der Waals surface area (Å²) in [4.78, 5) is 24.0. The molecular weight excluding hydrogens is 393 g/mol. The molecule has 0 saturated carbocycles. The number of rotatable bonds is 2. The largest absolute Gasteiger partial charge is 0.308 e. The van der Waals surface area contributed by atoms with Crippen LogP contribution in [0.3, 0.4) is 0 Å². The van der Waals surface area contributed by atoms with Crippen molar-refractivity contribution in [1.82, 2.24) is 25.1 Å². The predicted molar refractivity (Wildman–Crippen MR) is 109 cm³/mol. The minimum absolute atomic E-state index is 0. The van der Waals surface area contributed by atoms with Gasteiger partial charge in [-0.25, -0.2) is 4.98 Å². The van der Waals surface area contributed by atoms with E-state index in [-0.39, 0.29) is 36.4 Å². The Morgan fingerprint density at radius 2 is 2.04 bits per heavy atom. The lowest BCUT2D eigenvalue weighted by Crippen LogP contribution is -2.44. The van der Waals surface area contributed by atoms with Crippen molar-refractivity contribution in [2.75, 3.05) is 13.1 Å². The van der Waals surface area contributed by atoms with Gasteiger partial charge in [-0.1, -0.05) is 0 Å². The van der Waals surface area contributed by atoms with E-state index in [9.17, 15) is 4.79 Å². The number of halogens is 2. The Morgan fingerprint density at radius 1 is 1.27 bits per heavy atom. The summed E-state index contributed by atoms with van der Waals surface area (Å²) in [5.41, 5.74) is 2.83. The second-order valence-corrected chi connectivity index (χ2v) is 7.97. The van der Waals surface area contributed by atoms with E-state index >= 15 is 0 Å². The van der Waals surface area contributed by atoms with Gasteiger partial charge in [0.25, 0.3) is 5.56 Å². The zero-order chi connectivity index (χ0) is 16.3. The Bertz CT molecular complexity index is 973. The van der Waals surface area contributed by atoms with Crippen LogP contribution in [0, 0.1) is 12.8 Å². The van der Waals surface area contributed by atoms with Gasteiger partial charge < -0.3 is 4.98 Å². The molecule has 2 bridgehead atoms. The van der Waals surface area contributed by atoms with Gasteiger partial charge in [-0.2, -0.15) is 5.10 Å². The highest BCUT2D eigenvalue weighted by molar-refractivity contribution is 7.22. The van der Waals surface area contributed by atoms with Crippen LogP contribution < -0.4 is 5.56 Å². The van der Waals surface area contributed by atoms with E-state index in [1.807, 2.05) is 13.0 Å². The molecule has 26 heavy (non-hydrogen) atoms. The van der Waals surface area contributed by atoms with Crippen LogP contribution in [0.5, 0.6) is 0 Å². The van der Waals surface area contributed by atoms with Crippen LogP contribution >= 0.6 is 36.2 Å².